The highest BCUT2D eigenvalue weighted by Gasteiger charge is 2.31. The van der Waals surface area contributed by atoms with E-state index in [1.165, 1.54) is 23.9 Å². The van der Waals surface area contributed by atoms with E-state index >= 15 is 0 Å². The summed E-state index contributed by atoms with van der Waals surface area (Å²) < 4.78 is 38.1. The van der Waals surface area contributed by atoms with E-state index < -0.39 is 22.9 Å². The third-order valence-electron chi connectivity index (χ3n) is 3.55. The van der Waals surface area contributed by atoms with E-state index in [1.54, 1.807) is 12.1 Å². The maximum atomic E-state index is 12.7. The largest absolute Gasteiger partial charge is 0.416 e. The number of nitrogens with one attached hydrogen (secondary N) is 2. The maximum absolute atomic E-state index is 12.7. The number of carbonyl (C=O) groups excluding carboxylic acids is 2. The van der Waals surface area contributed by atoms with Crippen LogP contribution < -0.4 is 10.6 Å². The summed E-state index contributed by atoms with van der Waals surface area (Å²) in [7, 11) is 0. The summed E-state index contributed by atoms with van der Waals surface area (Å²) >= 11 is 1.26. The van der Waals surface area contributed by atoms with Crippen LogP contribution in [-0.4, -0.2) is 17.1 Å². The molecule has 8 heteroatoms. The van der Waals surface area contributed by atoms with Crippen LogP contribution in [0.2, 0.25) is 0 Å². The molecule has 0 spiro atoms. The van der Waals surface area contributed by atoms with Gasteiger partial charge >= 0.3 is 6.18 Å². The SMILES string of the molecule is O=C(C[C@H]1Sc2ccccc2NC1=O)Nc1cccc(C(F)(F)F)c1. The minimum atomic E-state index is -4.48. The van der Waals surface area contributed by atoms with Crippen molar-refractivity contribution in [3.8, 4) is 0 Å². The van der Waals surface area contributed by atoms with Crippen molar-refractivity contribution in [1.82, 2.24) is 0 Å². The smallest absolute Gasteiger partial charge is 0.326 e. The normalized spacial score (nSPS) is 16.8. The van der Waals surface area contributed by atoms with Gasteiger partial charge in [-0.05, 0) is 30.3 Å². The van der Waals surface area contributed by atoms with Gasteiger partial charge in [0.2, 0.25) is 11.8 Å². The molecule has 1 heterocycles. The Morgan fingerprint density at radius 1 is 1.16 bits per heavy atom. The van der Waals surface area contributed by atoms with E-state index in [2.05, 4.69) is 10.6 Å². The van der Waals surface area contributed by atoms with Crippen LogP contribution in [0.15, 0.2) is 53.4 Å². The van der Waals surface area contributed by atoms with Gasteiger partial charge in [-0.15, -0.1) is 11.8 Å². The lowest BCUT2D eigenvalue weighted by Crippen LogP contribution is -2.32. The van der Waals surface area contributed by atoms with Gasteiger partial charge in [0.1, 0.15) is 0 Å². The van der Waals surface area contributed by atoms with Gasteiger partial charge in [0, 0.05) is 17.0 Å². The maximum Gasteiger partial charge on any atom is 0.416 e. The lowest BCUT2D eigenvalue weighted by Gasteiger charge is -2.23. The lowest BCUT2D eigenvalue weighted by atomic mass is 10.2. The molecule has 0 saturated carbocycles. The van der Waals surface area contributed by atoms with Crippen molar-refractivity contribution in [3.63, 3.8) is 0 Å². The quantitative estimate of drug-likeness (QED) is 0.858. The summed E-state index contributed by atoms with van der Waals surface area (Å²) in [6.45, 7) is 0. The lowest BCUT2D eigenvalue weighted by molar-refractivity contribution is -0.137. The molecule has 0 aromatic heterocycles. The van der Waals surface area contributed by atoms with Crippen LogP contribution >= 0.6 is 11.8 Å². The molecule has 4 nitrogen and oxygen atoms in total. The number of benzene rings is 2. The summed E-state index contributed by atoms with van der Waals surface area (Å²) in [5.41, 5.74) is -0.113. The van der Waals surface area contributed by atoms with Crippen molar-refractivity contribution in [1.29, 1.82) is 0 Å². The Hall–Kier alpha value is -2.48. The summed E-state index contributed by atoms with van der Waals surface area (Å²) in [5, 5.41) is 4.50. The van der Waals surface area contributed by atoms with Gasteiger partial charge < -0.3 is 10.6 Å². The van der Waals surface area contributed by atoms with Crippen LogP contribution in [0.25, 0.3) is 0 Å². The van der Waals surface area contributed by atoms with Crippen LogP contribution in [-0.2, 0) is 15.8 Å². The van der Waals surface area contributed by atoms with Crippen LogP contribution in [0.1, 0.15) is 12.0 Å². The molecule has 0 fully saturated rings. The number of para-hydroxylation sites is 1. The zero-order chi connectivity index (χ0) is 18.0. The predicted molar refractivity (Wildman–Crippen MR) is 89.4 cm³/mol. The number of rotatable bonds is 3. The van der Waals surface area contributed by atoms with Crippen molar-refractivity contribution in [3.05, 3.63) is 54.1 Å². The molecule has 0 unspecified atom stereocenters. The molecular formula is C17H13F3N2O2S. The fourth-order valence-corrected chi connectivity index (χ4v) is 3.49. The van der Waals surface area contributed by atoms with Gasteiger partial charge in [-0.2, -0.15) is 13.2 Å². The summed E-state index contributed by atoms with van der Waals surface area (Å²) in [4.78, 5) is 25.0. The molecule has 3 rings (SSSR count). The molecule has 1 aliphatic heterocycles. The fourth-order valence-electron chi connectivity index (χ4n) is 2.38. The van der Waals surface area contributed by atoms with Gasteiger partial charge in [0.15, 0.2) is 0 Å². The second-order valence-corrected chi connectivity index (χ2v) is 6.67. The van der Waals surface area contributed by atoms with Crippen LogP contribution in [0.3, 0.4) is 0 Å². The zero-order valence-corrected chi connectivity index (χ0v) is 13.6. The number of hydrogen-bond donors (Lipinski definition) is 2. The second kappa shape index (κ2) is 6.79. The average Bonchev–Trinajstić information content (AvgIpc) is 2.55. The first kappa shape index (κ1) is 17.3. The summed E-state index contributed by atoms with van der Waals surface area (Å²) in [6, 6.07) is 11.6. The van der Waals surface area contributed by atoms with Crippen molar-refractivity contribution < 1.29 is 22.8 Å². The van der Waals surface area contributed by atoms with Gasteiger partial charge in [0.05, 0.1) is 16.5 Å². The van der Waals surface area contributed by atoms with Crippen molar-refractivity contribution in [2.24, 2.45) is 0 Å². The highest BCUT2D eigenvalue weighted by atomic mass is 32.2. The number of amides is 2. The molecule has 2 aromatic carbocycles. The monoisotopic (exact) mass is 366 g/mol. The van der Waals surface area contributed by atoms with E-state index in [1.807, 2.05) is 12.1 Å². The molecule has 25 heavy (non-hydrogen) atoms. The molecule has 0 radical (unpaired) electrons. The van der Waals surface area contributed by atoms with E-state index in [9.17, 15) is 22.8 Å². The molecule has 2 aromatic rings. The van der Waals surface area contributed by atoms with E-state index in [4.69, 9.17) is 0 Å². The third kappa shape index (κ3) is 4.14. The fraction of sp³-hybridized carbons (Fsp3) is 0.176. The van der Waals surface area contributed by atoms with Crippen molar-refractivity contribution in [2.45, 2.75) is 22.7 Å². The van der Waals surface area contributed by atoms with Crippen LogP contribution in [0.5, 0.6) is 0 Å². The highest BCUT2D eigenvalue weighted by Crippen LogP contribution is 2.37. The molecule has 0 saturated heterocycles. The van der Waals surface area contributed by atoms with E-state index in [0.717, 1.165) is 17.0 Å². The minimum Gasteiger partial charge on any atom is -0.326 e. The predicted octanol–water partition coefficient (Wildman–Crippen LogP) is 4.15. The van der Waals surface area contributed by atoms with Crippen LogP contribution in [0.4, 0.5) is 24.5 Å². The summed E-state index contributed by atoms with van der Waals surface area (Å²) in [6.07, 6.45) is -4.62. The Balaban J connectivity index is 1.66. The molecule has 2 N–H and O–H groups in total. The first-order valence-corrected chi connectivity index (χ1v) is 8.24. The van der Waals surface area contributed by atoms with Crippen LogP contribution in [0, 0.1) is 0 Å². The number of thioether (sulfide) groups is 1. The molecule has 0 aliphatic carbocycles. The number of fused-ring (bicyclic) bond motifs is 1. The van der Waals surface area contributed by atoms with E-state index in [0.29, 0.717) is 5.69 Å². The first-order valence-electron chi connectivity index (χ1n) is 7.36. The zero-order valence-electron chi connectivity index (χ0n) is 12.8. The summed E-state index contributed by atoms with van der Waals surface area (Å²) in [5.74, 6) is -0.825. The molecule has 2 amide bonds. The highest BCUT2D eigenvalue weighted by molar-refractivity contribution is 8.01. The number of carbonyl (C=O) groups is 2. The van der Waals surface area contributed by atoms with Gasteiger partial charge in [-0.1, -0.05) is 18.2 Å². The van der Waals surface area contributed by atoms with Gasteiger partial charge in [-0.3, -0.25) is 9.59 Å². The topological polar surface area (TPSA) is 58.2 Å². The number of alkyl halides is 3. The Kier molecular flexibility index (Phi) is 4.71. The molecule has 0 bridgehead atoms. The standard InChI is InChI=1S/C17H13F3N2O2S/c18-17(19,20)10-4-3-5-11(8-10)21-15(23)9-14-16(24)22-12-6-1-2-7-13(12)25-14/h1-8,14H,9H2,(H,21,23)(H,22,24)/t14-/m1/s1. The second-order valence-electron chi connectivity index (χ2n) is 5.42. The molecular weight excluding hydrogens is 353 g/mol. The molecule has 1 atom stereocenters. The van der Waals surface area contributed by atoms with E-state index in [-0.39, 0.29) is 18.0 Å². The van der Waals surface area contributed by atoms with Crippen molar-refractivity contribution in [2.75, 3.05) is 10.6 Å². The Morgan fingerprint density at radius 2 is 1.92 bits per heavy atom. The Morgan fingerprint density at radius 3 is 2.68 bits per heavy atom. The molecule has 1 aliphatic rings. The third-order valence-corrected chi connectivity index (χ3v) is 4.83. The average molecular weight is 366 g/mol. The minimum absolute atomic E-state index is 0.0430. The molecule has 130 valence electrons. The first-order chi connectivity index (χ1) is 11.8. The number of halogens is 3. The number of anilines is 2. The Bertz CT molecular complexity index is 824. The van der Waals surface area contributed by atoms with Gasteiger partial charge in [-0.25, -0.2) is 0 Å². The Labute approximate surface area is 145 Å². The van der Waals surface area contributed by atoms with Crippen molar-refractivity contribution >= 4 is 35.0 Å². The van der Waals surface area contributed by atoms with Gasteiger partial charge in [0.25, 0.3) is 0 Å². The number of hydrogen-bond acceptors (Lipinski definition) is 3.